The van der Waals surface area contributed by atoms with E-state index in [0.29, 0.717) is 11.7 Å². The summed E-state index contributed by atoms with van der Waals surface area (Å²) in [4.78, 5) is 20.1. The highest BCUT2D eigenvalue weighted by Crippen LogP contribution is 2.18. The van der Waals surface area contributed by atoms with E-state index < -0.39 is 0 Å². The lowest BCUT2D eigenvalue weighted by Gasteiger charge is -2.14. The number of aromatic amines is 1. The summed E-state index contributed by atoms with van der Waals surface area (Å²) in [7, 11) is 0. The van der Waals surface area contributed by atoms with Gasteiger partial charge in [0.2, 0.25) is 0 Å². The average Bonchev–Trinajstić information content (AvgIpc) is 2.79. The van der Waals surface area contributed by atoms with Crippen LogP contribution in [0, 0.1) is 5.92 Å². The monoisotopic (exact) mass is 256 g/mol. The fourth-order valence-corrected chi connectivity index (χ4v) is 2.28. The van der Waals surface area contributed by atoms with Gasteiger partial charge in [-0.3, -0.25) is 4.79 Å². The van der Waals surface area contributed by atoms with Crippen molar-refractivity contribution in [2.24, 2.45) is 5.92 Å². The van der Waals surface area contributed by atoms with Crippen LogP contribution in [0.1, 0.15) is 13.3 Å². The van der Waals surface area contributed by atoms with Crippen LogP contribution in [0.3, 0.4) is 0 Å². The molecule has 17 heavy (non-hydrogen) atoms. The Bertz CT molecular complexity index is 434. The normalized spacial score (nSPS) is 20.7. The molecule has 0 bridgehead atoms. The number of aromatic nitrogens is 2. The van der Waals surface area contributed by atoms with Crippen LogP contribution in [0.2, 0.25) is 5.02 Å². The molecule has 1 unspecified atom stereocenters. The number of rotatable bonds is 4. The number of hydrogen-bond acceptors (Lipinski definition) is 4. The molecule has 1 aromatic heterocycles. The lowest BCUT2D eigenvalue weighted by Crippen LogP contribution is -2.23. The fourth-order valence-electron chi connectivity index (χ4n) is 2.11. The molecule has 0 amide bonds. The zero-order chi connectivity index (χ0) is 12.3. The van der Waals surface area contributed by atoms with E-state index in [1.54, 1.807) is 0 Å². The van der Waals surface area contributed by atoms with E-state index in [4.69, 9.17) is 11.6 Å². The maximum absolute atomic E-state index is 11.3. The molecule has 6 heteroatoms. The molecular weight excluding hydrogens is 240 g/mol. The maximum atomic E-state index is 11.3. The smallest absolute Gasteiger partial charge is 0.271 e. The molecule has 0 radical (unpaired) electrons. The van der Waals surface area contributed by atoms with Crippen LogP contribution < -0.4 is 10.9 Å². The first-order valence-electron chi connectivity index (χ1n) is 5.90. The van der Waals surface area contributed by atoms with Gasteiger partial charge in [0.05, 0.1) is 6.33 Å². The van der Waals surface area contributed by atoms with Crippen LogP contribution in [-0.4, -0.2) is 41.0 Å². The van der Waals surface area contributed by atoms with Gasteiger partial charge >= 0.3 is 0 Å². The lowest BCUT2D eigenvalue weighted by atomic mass is 10.1. The molecule has 1 aliphatic rings. The van der Waals surface area contributed by atoms with Crippen LogP contribution in [0.4, 0.5) is 5.82 Å². The SMILES string of the molecule is CCN1CCC(CNc2nc[nH]c(=O)c2Cl)C1. The summed E-state index contributed by atoms with van der Waals surface area (Å²) < 4.78 is 0. The van der Waals surface area contributed by atoms with Gasteiger partial charge < -0.3 is 15.2 Å². The van der Waals surface area contributed by atoms with Crippen LogP contribution >= 0.6 is 11.6 Å². The molecule has 0 spiro atoms. The van der Waals surface area contributed by atoms with Crippen molar-refractivity contribution in [3.63, 3.8) is 0 Å². The van der Waals surface area contributed by atoms with Gasteiger partial charge in [-0.2, -0.15) is 0 Å². The molecule has 2 N–H and O–H groups in total. The molecule has 94 valence electrons. The second-order valence-electron chi connectivity index (χ2n) is 4.32. The van der Waals surface area contributed by atoms with E-state index in [1.165, 1.54) is 12.7 Å². The topological polar surface area (TPSA) is 61.0 Å². The third-order valence-corrected chi connectivity index (χ3v) is 3.52. The molecule has 1 aliphatic heterocycles. The number of nitrogens with zero attached hydrogens (tertiary/aromatic N) is 2. The van der Waals surface area contributed by atoms with Gasteiger partial charge in [-0.1, -0.05) is 18.5 Å². The minimum absolute atomic E-state index is 0.137. The molecule has 2 rings (SSSR count). The Morgan fingerprint density at radius 3 is 3.24 bits per heavy atom. The van der Waals surface area contributed by atoms with E-state index in [2.05, 4.69) is 27.1 Å². The van der Waals surface area contributed by atoms with Gasteiger partial charge in [-0.05, 0) is 25.4 Å². The van der Waals surface area contributed by atoms with Crippen LogP contribution in [0.25, 0.3) is 0 Å². The number of hydrogen-bond donors (Lipinski definition) is 2. The third-order valence-electron chi connectivity index (χ3n) is 3.17. The Morgan fingerprint density at radius 1 is 1.71 bits per heavy atom. The summed E-state index contributed by atoms with van der Waals surface area (Å²) in [6.45, 7) is 6.34. The van der Waals surface area contributed by atoms with Crippen molar-refractivity contribution in [2.45, 2.75) is 13.3 Å². The van der Waals surface area contributed by atoms with Gasteiger partial charge in [0.25, 0.3) is 5.56 Å². The minimum atomic E-state index is -0.300. The lowest BCUT2D eigenvalue weighted by molar-refractivity contribution is 0.345. The molecule has 1 aromatic rings. The molecule has 0 aromatic carbocycles. The van der Waals surface area contributed by atoms with Crippen molar-refractivity contribution in [1.29, 1.82) is 0 Å². The van der Waals surface area contributed by atoms with E-state index in [1.807, 2.05) is 0 Å². The van der Waals surface area contributed by atoms with Crippen molar-refractivity contribution in [1.82, 2.24) is 14.9 Å². The molecule has 0 aliphatic carbocycles. The van der Waals surface area contributed by atoms with Crippen molar-refractivity contribution < 1.29 is 0 Å². The summed E-state index contributed by atoms with van der Waals surface area (Å²) in [6.07, 6.45) is 2.55. The first-order valence-corrected chi connectivity index (χ1v) is 6.28. The van der Waals surface area contributed by atoms with Crippen molar-refractivity contribution in [2.75, 3.05) is 31.5 Å². The van der Waals surface area contributed by atoms with Crippen molar-refractivity contribution in [3.8, 4) is 0 Å². The Balaban J connectivity index is 1.90. The Kier molecular flexibility index (Phi) is 4.02. The Hall–Kier alpha value is -1.07. The van der Waals surface area contributed by atoms with Gasteiger partial charge in [0.15, 0.2) is 5.82 Å². The molecule has 1 fully saturated rings. The molecule has 1 saturated heterocycles. The summed E-state index contributed by atoms with van der Waals surface area (Å²) in [5.41, 5.74) is -0.300. The highest BCUT2D eigenvalue weighted by atomic mass is 35.5. The van der Waals surface area contributed by atoms with Crippen molar-refractivity contribution >= 4 is 17.4 Å². The van der Waals surface area contributed by atoms with Gasteiger partial charge in [-0.25, -0.2) is 4.98 Å². The highest BCUT2D eigenvalue weighted by molar-refractivity contribution is 6.32. The van der Waals surface area contributed by atoms with E-state index in [0.717, 1.165) is 26.2 Å². The maximum Gasteiger partial charge on any atom is 0.271 e. The highest BCUT2D eigenvalue weighted by Gasteiger charge is 2.21. The number of anilines is 1. The molecule has 2 heterocycles. The van der Waals surface area contributed by atoms with E-state index in [-0.39, 0.29) is 10.6 Å². The third kappa shape index (κ3) is 2.98. The van der Waals surface area contributed by atoms with Gasteiger partial charge in [0.1, 0.15) is 5.02 Å². The largest absolute Gasteiger partial charge is 0.368 e. The zero-order valence-corrected chi connectivity index (χ0v) is 10.6. The average molecular weight is 257 g/mol. The first kappa shape index (κ1) is 12.4. The predicted molar refractivity (Wildman–Crippen MR) is 68.6 cm³/mol. The standard InChI is InChI=1S/C11H17ClN4O/c1-2-16-4-3-8(6-16)5-13-10-9(12)11(17)15-7-14-10/h7-8H,2-6H2,1H3,(H2,13,14,15,17). The summed E-state index contributed by atoms with van der Waals surface area (Å²) in [6, 6.07) is 0. The molecule has 0 saturated carbocycles. The summed E-state index contributed by atoms with van der Waals surface area (Å²) >= 11 is 5.86. The summed E-state index contributed by atoms with van der Waals surface area (Å²) in [5.74, 6) is 1.08. The molecule has 1 atom stereocenters. The predicted octanol–water partition coefficient (Wildman–Crippen LogP) is 1.18. The minimum Gasteiger partial charge on any atom is -0.368 e. The fraction of sp³-hybridized carbons (Fsp3) is 0.636. The summed E-state index contributed by atoms with van der Waals surface area (Å²) in [5, 5.41) is 3.29. The number of H-pyrrole nitrogens is 1. The second-order valence-corrected chi connectivity index (χ2v) is 4.70. The van der Waals surface area contributed by atoms with Crippen LogP contribution in [0.15, 0.2) is 11.1 Å². The number of nitrogens with one attached hydrogen (secondary N) is 2. The van der Waals surface area contributed by atoms with Crippen LogP contribution in [0.5, 0.6) is 0 Å². The number of likely N-dealkylation sites (tertiary alicyclic amines) is 1. The van der Waals surface area contributed by atoms with Crippen LogP contribution in [-0.2, 0) is 0 Å². The van der Waals surface area contributed by atoms with Crippen molar-refractivity contribution in [3.05, 3.63) is 21.7 Å². The quantitative estimate of drug-likeness (QED) is 0.849. The number of halogens is 1. The van der Waals surface area contributed by atoms with E-state index in [9.17, 15) is 4.79 Å². The zero-order valence-electron chi connectivity index (χ0n) is 9.87. The second kappa shape index (κ2) is 5.51. The molecular formula is C11H17ClN4O. The first-order chi connectivity index (χ1) is 8.20. The van der Waals surface area contributed by atoms with Gasteiger partial charge in [-0.15, -0.1) is 0 Å². The Morgan fingerprint density at radius 2 is 2.53 bits per heavy atom. The van der Waals surface area contributed by atoms with E-state index >= 15 is 0 Å². The Labute approximate surface area is 105 Å². The molecule has 5 nitrogen and oxygen atoms in total. The van der Waals surface area contributed by atoms with Gasteiger partial charge in [0, 0.05) is 13.1 Å².